The largest absolute Gasteiger partial charge is 0.496 e. The van der Waals surface area contributed by atoms with E-state index in [0.29, 0.717) is 16.1 Å². The number of aromatic nitrogens is 2. The first kappa shape index (κ1) is 17.3. The number of ether oxygens (including phenoxy) is 1. The van der Waals surface area contributed by atoms with Gasteiger partial charge >= 0.3 is 0 Å². The van der Waals surface area contributed by atoms with Crippen LogP contribution in [0.1, 0.15) is 19.5 Å². The number of nitrogens with zero attached hydrogens (tertiary/aromatic N) is 2. The number of thiophene rings is 1. The lowest BCUT2D eigenvalue weighted by Gasteiger charge is -2.16. The fraction of sp³-hybridized carbons (Fsp3) is 0.190. The van der Waals surface area contributed by atoms with Gasteiger partial charge in [-0.1, -0.05) is 6.07 Å². The van der Waals surface area contributed by atoms with Crippen LogP contribution in [0.4, 0.5) is 0 Å². The molecule has 6 heteroatoms. The first-order chi connectivity index (χ1) is 13.0. The number of pyridine rings is 2. The molecule has 0 unspecified atom stereocenters. The Kier molecular flexibility index (Phi) is 3.97. The molecule has 0 radical (unpaired) electrons. The van der Waals surface area contributed by atoms with Crippen LogP contribution in [0, 0.1) is 11.3 Å². The van der Waals surface area contributed by atoms with Crippen molar-refractivity contribution in [2.45, 2.75) is 19.3 Å². The predicted molar refractivity (Wildman–Crippen MR) is 108 cm³/mol. The molecule has 4 rings (SSSR count). The van der Waals surface area contributed by atoms with E-state index in [4.69, 9.17) is 4.74 Å². The molecule has 0 aliphatic heterocycles. The van der Waals surface area contributed by atoms with Gasteiger partial charge in [-0.2, -0.15) is 5.26 Å². The van der Waals surface area contributed by atoms with Gasteiger partial charge in [0.2, 0.25) is 0 Å². The zero-order chi connectivity index (χ0) is 19.2. The number of nitrogens with one attached hydrogen (secondary N) is 1. The van der Waals surface area contributed by atoms with Crippen LogP contribution in [0.15, 0.2) is 46.7 Å². The van der Waals surface area contributed by atoms with Crippen molar-refractivity contribution in [3.8, 4) is 22.9 Å². The summed E-state index contributed by atoms with van der Waals surface area (Å²) in [5, 5.41) is 13.1. The van der Waals surface area contributed by atoms with Crippen molar-refractivity contribution in [1.82, 2.24) is 9.97 Å². The van der Waals surface area contributed by atoms with Crippen molar-refractivity contribution in [3.63, 3.8) is 0 Å². The molecule has 0 spiro atoms. The number of hydrogen-bond donors (Lipinski definition) is 1. The van der Waals surface area contributed by atoms with Crippen molar-refractivity contribution in [2.75, 3.05) is 7.11 Å². The van der Waals surface area contributed by atoms with E-state index in [9.17, 15) is 10.1 Å². The predicted octanol–water partition coefficient (Wildman–Crippen LogP) is 4.61. The van der Waals surface area contributed by atoms with Gasteiger partial charge in [0.25, 0.3) is 5.56 Å². The summed E-state index contributed by atoms with van der Waals surface area (Å²) < 4.78 is 6.30. The molecule has 0 atom stereocenters. The molecule has 5 nitrogen and oxygen atoms in total. The van der Waals surface area contributed by atoms with Crippen molar-refractivity contribution < 1.29 is 4.74 Å². The fourth-order valence-corrected chi connectivity index (χ4v) is 4.05. The van der Waals surface area contributed by atoms with E-state index < -0.39 is 5.41 Å². The van der Waals surface area contributed by atoms with E-state index in [0.717, 1.165) is 27.4 Å². The molecular formula is C21H17N3O2S. The summed E-state index contributed by atoms with van der Waals surface area (Å²) in [5.41, 5.74) is 2.46. The highest BCUT2D eigenvalue weighted by atomic mass is 32.1. The first-order valence-electron chi connectivity index (χ1n) is 8.44. The van der Waals surface area contributed by atoms with E-state index in [1.54, 1.807) is 13.3 Å². The molecule has 0 amide bonds. The second-order valence-corrected chi connectivity index (χ2v) is 7.77. The minimum absolute atomic E-state index is 0.0899. The van der Waals surface area contributed by atoms with Crippen LogP contribution >= 0.6 is 11.3 Å². The number of aromatic amines is 1. The van der Waals surface area contributed by atoms with Crippen LogP contribution in [0.25, 0.3) is 32.1 Å². The first-order valence-corrected chi connectivity index (χ1v) is 9.32. The molecule has 3 heterocycles. The standard InChI is InChI=1S/C21H17N3O2S/c1-21(2,11-22)16-7-4-12(10-23-16)17-15(26-3)6-5-14-18(17)13-8-9-27-19(13)20(25)24-14/h4-10H,1-3H3,(H,24,25). The molecule has 134 valence electrons. The number of rotatable bonds is 3. The number of methoxy groups -OCH3 is 1. The quantitative estimate of drug-likeness (QED) is 0.567. The van der Waals surface area contributed by atoms with E-state index in [1.807, 2.05) is 49.6 Å². The number of H-pyrrole nitrogens is 1. The van der Waals surface area contributed by atoms with Gasteiger partial charge in [-0.25, -0.2) is 0 Å². The smallest absolute Gasteiger partial charge is 0.266 e. The van der Waals surface area contributed by atoms with Crippen LogP contribution < -0.4 is 10.3 Å². The summed E-state index contributed by atoms with van der Waals surface area (Å²) in [5.74, 6) is 0.705. The minimum atomic E-state index is -0.659. The van der Waals surface area contributed by atoms with Crippen LogP contribution in [-0.4, -0.2) is 17.1 Å². The monoisotopic (exact) mass is 375 g/mol. The Morgan fingerprint density at radius 2 is 2.04 bits per heavy atom. The maximum Gasteiger partial charge on any atom is 0.266 e. The Balaban J connectivity index is 2.05. The molecule has 4 aromatic rings. The second-order valence-electron chi connectivity index (χ2n) is 6.85. The van der Waals surface area contributed by atoms with Gasteiger partial charge in [0.15, 0.2) is 0 Å². The van der Waals surface area contributed by atoms with Gasteiger partial charge < -0.3 is 9.72 Å². The van der Waals surface area contributed by atoms with Crippen LogP contribution in [0.5, 0.6) is 5.75 Å². The van der Waals surface area contributed by atoms with Gasteiger partial charge in [-0.15, -0.1) is 11.3 Å². The summed E-state index contributed by atoms with van der Waals surface area (Å²) in [6.07, 6.45) is 1.76. The molecule has 0 saturated heterocycles. The van der Waals surface area contributed by atoms with E-state index in [1.165, 1.54) is 11.3 Å². The highest BCUT2D eigenvalue weighted by Gasteiger charge is 2.22. The molecule has 1 aromatic carbocycles. The molecule has 1 N–H and O–H groups in total. The SMILES string of the molecule is COc1ccc2[nH]c(=O)c3sccc3c2c1-c1ccc(C(C)(C)C#N)nc1. The maximum absolute atomic E-state index is 12.3. The number of nitriles is 1. The molecular weight excluding hydrogens is 358 g/mol. The van der Waals surface area contributed by atoms with Gasteiger partial charge in [-0.3, -0.25) is 9.78 Å². The lowest BCUT2D eigenvalue weighted by atomic mass is 9.90. The highest BCUT2D eigenvalue weighted by molar-refractivity contribution is 7.17. The molecule has 0 fully saturated rings. The summed E-state index contributed by atoms with van der Waals surface area (Å²) in [6, 6.07) is 11.7. The van der Waals surface area contributed by atoms with E-state index in [-0.39, 0.29) is 5.56 Å². The molecule has 0 saturated carbocycles. The van der Waals surface area contributed by atoms with E-state index >= 15 is 0 Å². The Hall–Kier alpha value is -3.17. The third kappa shape index (κ3) is 2.68. The molecule has 0 aliphatic carbocycles. The Morgan fingerprint density at radius 1 is 1.22 bits per heavy atom. The third-order valence-corrected chi connectivity index (χ3v) is 5.66. The number of hydrogen-bond acceptors (Lipinski definition) is 5. The fourth-order valence-electron chi connectivity index (χ4n) is 3.25. The minimum Gasteiger partial charge on any atom is -0.496 e. The Labute approximate surface area is 159 Å². The van der Waals surface area contributed by atoms with Crippen molar-refractivity contribution in [1.29, 1.82) is 5.26 Å². The van der Waals surface area contributed by atoms with Crippen LogP contribution in [-0.2, 0) is 5.41 Å². The Morgan fingerprint density at radius 3 is 2.70 bits per heavy atom. The molecule has 3 aromatic heterocycles. The maximum atomic E-state index is 12.3. The van der Waals surface area contributed by atoms with Gasteiger partial charge in [0, 0.05) is 33.6 Å². The normalized spacial score (nSPS) is 11.6. The average molecular weight is 375 g/mol. The van der Waals surface area contributed by atoms with Gasteiger partial charge in [0.1, 0.15) is 10.4 Å². The van der Waals surface area contributed by atoms with Gasteiger partial charge in [0.05, 0.1) is 24.3 Å². The van der Waals surface area contributed by atoms with Crippen molar-refractivity contribution >= 4 is 32.3 Å². The summed E-state index contributed by atoms with van der Waals surface area (Å²) in [7, 11) is 1.63. The number of benzene rings is 1. The third-order valence-electron chi connectivity index (χ3n) is 4.75. The van der Waals surface area contributed by atoms with Crippen molar-refractivity contribution in [2.24, 2.45) is 0 Å². The molecule has 0 aliphatic rings. The summed E-state index contributed by atoms with van der Waals surface area (Å²) in [4.78, 5) is 19.8. The average Bonchev–Trinajstić information content (AvgIpc) is 3.18. The zero-order valence-electron chi connectivity index (χ0n) is 15.2. The number of fused-ring (bicyclic) bond motifs is 3. The Bertz CT molecular complexity index is 1260. The van der Waals surface area contributed by atoms with Gasteiger partial charge in [-0.05, 0) is 43.5 Å². The highest BCUT2D eigenvalue weighted by Crippen LogP contribution is 2.40. The topological polar surface area (TPSA) is 78.8 Å². The van der Waals surface area contributed by atoms with Crippen LogP contribution in [0.2, 0.25) is 0 Å². The van der Waals surface area contributed by atoms with Crippen molar-refractivity contribution in [3.05, 3.63) is 58.0 Å². The van der Waals surface area contributed by atoms with Crippen LogP contribution in [0.3, 0.4) is 0 Å². The lowest BCUT2D eigenvalue weighted by Crippen LogP contribution is -2.15. The molecule has 0 bridgehead atoms. The lowest BCUT2D eigenvalue weighted by molar-refractivity contribution is 0.417. The summed E-state index contributed by atoms with van der Waals surface area (Å²) in [6.45, 7) is 3.68. The molecule has 27 heavy (non-hydrogen) atoms. The second kappa shape index (κ2) is 6.22. The summed E-state index contributed by atoms with van der Waals surface area (Å²) >= 11 is 1.42. The van der Waals surface area contributed by atoms with E-state index in [2.05, 4.69) is 16.0 Å². The zero-order valence-corrected chi connectivity index (χ0v) is 16.0.